The van der Waals surface area contributed by atoms with E-state index >= 15 is 0 Å². The van der Waals surface area contributed by atoms with Gasteiger partial charge in [0.25, 0.3) is 0 Å². The Kier molecular flexibility index (Phi) is 2.01. The van der Waals surface area contributed by atoms with Crippen LogP contribution in [0.3, 0.4) is 0 Å². The van der Waals surface area contributed by atoms with Crippen LogP contribution in [0.5, 0.6) is 0 Å². The van der Waals surface area contributed by atoms with Crippen LogP contribution in [0.4, 0.5) is 0 Å². The summed E-state index contributed by atoms with van der Waals surface area (Å²) in [5.41, 5.74) is 2.82. The molecule has 0 radical (unpaired) electrons. The van der Waals surface area contributed by atoms with Crippen LogP contribution in [0.25, 0.3) is 5.52 Å². The lowest BCUT2D eigenvalue weighted by Crippen LogP contribution is -2.11. The molecule has 0 aromatic carbocycles. The van der Waals surface area contributed by atoms with E-state index in [4.69, 9.17) is 5.26 Å². The quantitative estimate of drug-likeness (QED) is 0.654. The molecule has 0 atom stereocenters. The van der Waals surface area contributed by atoms with Crippen LogP contribution in [0.2, 0.25) is 0 Å². The standard InChI is InChI=1S/C12H13N3/c1-12(2,3)10-4-5-15-11(6-10)9(7-13)8-14-15/h4-6,8H,1-3H3. The minimum Gasteiger partial charge on any atom is -0.240 e. The first-order chi connectivity index (χ1) is 7.02. The van der Waals surface area contributed by atoms with Crippen molar-refractivity contribution < 1.29 is 0 Å². The van der Waals surface area contributed by atoms with Gasteiger partial charge in [-0.1, -0.05) is 20.8 Å². The maximum atomic E-state index is 8.91. The van der Waals surface area contributed by atoms with Gasteiger partial charge >= 0.3 is 0 Å². The number of pyridine rings is 1. The van der Waals surface area contributed by atoms with Crippen LogP contribution < -0.4 is 0 Å². The molecule has 76 valence electrons. The van der Waals surface area contributed by atoms with Gasteiger partial charge in [-0.3, -0.25) is 0 Å². The molecule has 0 unspecified atom stereocenters. The lowest BCUT2D eigenvalue weighted by molar-refractivity contribution is 0.589. The van der Waals surface area contributed by atoms with E-state index < -0.39 is 0 Å². The molecule has 15 heavy (non-hydrogen) atoms. The molecule has 2 heterocycles. The molecule has 0 aliphatic heterocycles. The van der Waals surface area contributed by atoms with Gasteiger partial charge in [-0.25, -0.2) is 4.52 Å². The topological polar surface area (TPSA) is 41.1 Å². The Labute approximate surface area is 89.0 Å². The second kappa shape index (κ2) is 3.09. The number of nitrogens with zero attached hydrogens (tertiary/aromatic N) is 3. The molecule has 2 rings (SSSR count). The Morgan fingerprint density at radius 1 is 1.40 bits per heavy atom. The largest absolute Gasteiger partial charge is 0.240 e. The first kappa shape index (κ1) is 9.72. The van der Waals surface area contributed by atoms with Crippen molar-refractivity contribution in [1.82, 2.24) is 9.61 Å². The third-order valence-corrected chi connectivity index (χ3v) is 2.51. The van der Waals surface area contributed by atoms with Crippen LogP contribution >= 0.6 is 0 Å². The molecule has 0 saturated heterocycles. The first-order valence-electron chi connectivity index (χ1n) is 4.90. The second-order valence-corrected chi connectivity index (χ2v) is 4.67. The molecule has 0 bridgehead atoms. The predicted octanol–water partition coefficient (Wildman–Crippen LogP) is 2.50. The molecule has 0 amide bonds. The molecule has 3 heteroatoms. The zero-order chi connectivity index (χ0) is 11.1. The van der Waals surface area contributed by atoms with Crippen molar-refractivity contribution in [2.75, 3.05) is 0 Å². The summed E-state index contributed by atoms with van der Waals surface area (Å²) < 4.78 is 1.73. The van der Waals surface area contributed by atoms with E-state index in [1.54, 1.807) is 10.7 Å². The van der Waals surface area contributed by atoms with Gasteiger partial charge in [0.1, 0.15) is 6.07 Å². The van der Waals surface area contributed by atoms with Crippen molar-refractivity contribution in [3.05, 3.63) is 35.7 Å². The van der Waals surface area contributed by atoms with Crippen molar-refractivity contribution in [3.8, 4) is 6.07 Å². The van der Waals surface area contributed by atoms with Gasteiger partial charge in [0.2, 0.25) is 0 Å². The minimum atomic E-state index is 0.0960. The van der Waals surface area contributed by atoms with Crippen molar-refractivity contribution in [1.29, 1.82) is 5.26 Å². The van der Waals surface area contributed by atoms with Crippen molar-refractivity contribution in [2.24, 2.45) is 0 Å². The van der Waals surface area contributed by atoms with E-state index in [-0.39, 0.29) is 5.41 Å². The summed E-state index contributed by atoms with van der Waals surface area (Å²) in [5.74, 6) is 0. The molecule has 3 nitrogen and oxygen atoms in total. The lowest BCUT2D eigenvalue weighted by atomic mass is 9.87. The van der Waals surface area contributed by atoms with Crippen LogP contribution in [0.1, 0.15) is 31.9 Å². The summed E-state index contributed by atoms with van der Waals surface area (Å²) in [6.07, 6.45) is 3.50. The zero-order valence-corrected chi connectivity index (χ0v) is 9.15. The molecule has 0 saturated carbocycles. The number of fused-ring (bicyclic) bond motifs is 1. The van der Waals surface area contributed by atoms with E-state index in [9.17, 15) is 0 Å². The van der Waals surface area contributed by atoms with Gasteiger partial charge in [0.05, 0.1) is 17.3 Å². The number of hydrogen-bond acceptors (Lipinski definition) is 2. The van der Waals surface area contributed by atoms with Gasteiger partial charge in [0.15, 0.2) is 0 Å². The van der Waals surface area contributed by atoms with Crippen molar-refractivity contribution >= 4 is 5.52 Å². The molecule has 0 spiro atoms. The highest BCUT2D eigenvalue weighted by Crippen LogP contribution is 2.24. The van der Waals surface area contributed by atoms with Crippen LogP contribution in [0, 0.1) is 11.3 Å². The Morgan fingerprint density at radius 2 is 2.13 bits per heavy atom. The third-order valence-electron chi connectivity index (χ3n) is 2.51. The fourth-order valence-electron chi connectivity index (χ4n) is 1.53. The van der Waals surface area contributed by atoms with E-state index in [0.29, 0.717) is 5.56 Å². The molecule has 2 aromatic rings. The summed E-state index contributed by atoms with van der Waals surface area (Å²) in [6, 6.07) is 6.22. The Morgan fingerprint density at radius 3 is 2.73 bits per heavy atom. The van der Waals surface area contributed by atoms with E-state index in [0.717, 1.165) is 5.52 Å². The van der Waals surface area contributed by atoms with Gasteiger partial charge in [0, 0.05) is 6.20 Å². The predicted molar refractivity (Wildman–Crippen MR) is 58.6 cm³/mol. The monoisotopic (exact) mass is 199 g/mol. The highest BCUT2D eigenvalue weighted by molar-refractivity contribution is 5.61. The fourth-order valence-corrected chi connectivity index (χ4v) is 1.53. The molecular formula is C12H13N3. The SMILES string of the molecule is CC(C)(C)c1ccn2ncc(C#N)c2c1. The van der Waals surface area contributed by atoms with E-state index in [2.05, 4.69) is 31.9 Å². The summed E-state index contributed by atoms with van der Waals surface area (Å²) in [4.78, 5) is 0. The second-order valence-electron chi connectivity index (χ2n) is 4.67. The zero-order valence-electron chi connectivity index (χ0n) is 9.15. The molecule has 0 aliphatic rings. The molecule has 0 aliphatic carbocycles. The number of nitriles is 1. The Balaban J connectivity index is 2.69. The summed E-state index contributed by atoms with van der Waals surface area (Å²) in [5, 5.41) is 13.0. The van der Waals surface area contributed by atoms with Gasteiger partial charge < -0.3 is 0 Å². The summed E-state index contributed by atoms with van der Waals surface area (Å²) >= 11 is 0. The molecule has 0 N–H and O–H groups in total. The summed E-state index contributed by atoms with van der Waals surface area (Å²) in [7, 11) is 0. The minimum absolute atomic E-state index is 0.0960. The van der Waals surface area contributed by atoms with Crippen molar-refractivity contribution in [3.63, 3.8) is 0 Å². The molecule has 2 aromatic heterocycles. The molecule has 0 fully saturated rings. The third kappa shape index (κ3) is 1.59. The van der Waals surface area contributed by atoms with Crippen LogP contribution in [0.15, 0.2) is 24.5 Å². The average Bonchev–Trinajstić information content (AvgIpc) is 2.57. The maximum absolute atomic E-state index is 8.91. The normalized spacial score (nSPS) is 11.6. The Bertz CT molecular complexity index is 538. The van der Waals surface area contributed by atoms with Gasteiger partial charge in [-0.15, -0.1) is 0 Å². The van der Waals surface area contributed by atoms with E-state index in [1.165, 1.54) is 5.56 Å². The van der Waals surface area contributed by atoms with Crippen LogP contribution in [-0.4, -0.2) is 9.61 Å². The highest BCUT2D eigenvalue weighted by atomic mass is 15.2. The van der Waals surface area contributed by atoms with E-state index in [1.807, 2.05) is 18.3 Å². The summed E-state index contributed by atoms with van der Waals surface area (Å²) in [6.45, 7) is 6.46. The smallest absolute Gasteiger partial charge is 0.103 e. The fraction of sp³-hybridized carbons (Fsp3) is 0.333. The van der Waals surface area contributed by atoms with Crippen molar-refractivity contribution in [2.45, 2.75) is 26.2 Å². The Hall–Kier alpha value is -1.82. The highest BCUT2D eigenvalue weighted by Gasteiger charge is 2.15. The number of aromatic nitrogens is 2. The maximum Gasteiger partial charge on any atom is 0.103 e. The van der Waals surface area contributed by atoms with Gasteiger partial charge in [-0.05, 0) is 23.1 Å². The average molecular weight is 199 g/mol. The molecular weight excluding hydrogens is 186 g/mol. The lowest BCUT2D eigenvalue weighted by Gasteiger charge is -2.18. The number of rotatable bonds is 0. The number of hydrogen-bond donors (Lipinski definition) is 0. The van der Waals surface area contributed by atoms with Gasteiger partial charge in [-0.2, -0.15) is 10.4 Å². The first-order valence-corrected chi connectivity index (χ1v) is 4.90. The van der Waals surface area contributed by atoms with Crippen LogP contribution in [-0.2, 0) is 5.41 Å².